The molecule has 2 atom stereocenters. The monoisotopic (exact) mass is 821 g/mol. The molecule has 0 saturated heterocycles. The van der Waals surface area contributed by atoms with Crippen molar-refractivity contribution in [3.05, 3.63) is 0 Å². The van der Waals surface area contributed by atoms with Crippen LogP contribution in [0.1, 0.15) is 285 Å². The normalized spacial score (nSPS) is 12.5. The Morgan fingerprint density at radius 3 is 0.983 bits per heavy atom. The number of hydrogen-bond acceptors (Lipinski definition) is 6. The minimum atomic E-state index is -0.762. The molecule has 6 nitrogen and oxygen atoms in total. The molecule has 0 heterocycles. The molecule has 0 aliphatic rings. The molecular weight excluding hydrogens is 721 g/mol. The van der Waals surface area contributed by atoms with Gasteiger partial charge in [-0.25, -0.2) is 0 Å². The van der Waals surface area contributed by atoms with Gasteiger partial charge in [0.25, 0.3) is 0 Å². The minimum Gasteiger partial charge on any atom is -0.462 e. The second-order valence-electron chi connectivity index (χ2n) is 18.5. The van der Waals surface area contributed by atoms with E-state index in [-0.39, 0.29) is 31.1 Å². The number of unbranched alkanes of at least 4 members (excludes halogenated alkanes) is 30. The Hall–Kier alpha value is -1.59. The average Bonchev–Trinajstić information content (AvgIpc) is 3.21. The van der Waals surface area contributed by atoms with Gasteiger partial charge in [-0.3, -0.25) is 14.4 Å². The zero-order valence-electron chi connectivity index (χ0n) is 39.7. The summed E-state index contributed by atoms with van der Waals surface area (Å²) in [6.45, 7) is 11.3. The Bertz CT molecular complexity index is 887. The van der Waals surface area contributed by atoms with E-state index in [0.717, 1.165) is 69.6 Å². The predicted molar refractivity (Wildman–Crippen MR) is 247 cm³/mol. The van der Waals surface area contributed by atoms with E-state index in [0.29, 0.717) is 19.3 Å². The van der Waals surface area contributed by atoms with E-state index in [2.05, 4.69) is 34.6 Å². The second kappa shape index (κ2) is 44.9. The summed E-state index contributed by atoms with van der Waals surface area (Å²) in [6.07, 6.45) is 45.3. The summed E-state index contributed by atoms with van der Waals surface area (Å²) in [4.78, 5) is 37.9. The van der Waals surface area contributed by atoms with Gasteiger partial charge >= 0.3 is 17.9 Å². The molecule has 0 amide bonds. The fourth-order valence-corrected chi connectivity index (χ4v) is 7.78. The summed E-state index contributed by atoms with van der Waals surface area (Å²) in [6, 6.07) is 0. The lowest BCUT2D eigenvalue weighted by molar-refractivity contribution is -0.167. The fraction of sp³-hybridized carbons (Fsp3) is 0.942. The number of esters is 3. The van der Waals surface area contributed by atoms with Crippen molar-refractivity contribution < 1.29 is 28.6 Å². The van der Waals surface area contributed by atoms with Gasteiger partial charge in [0.2, 0.25) is 0 Å². The molecule has 6 heteroatoms. The van der Waals surface area contributed by atoms with E-state index in [1.54, 1.807) is 0 Å². The van der Waals surface area contributed by atoms with Crippen LogP contribution in [0.25, 0.3) is 0 Å². The Morgan fingerprint density at radius 1 is 0.362 bits per heavy atom. The molecule has 58 heavy (non-hydrogen) atoms. The van der Waals surface area contributed by atoms with E-state index < -0.39 is 6.10 Å². The second-order valence-corrected chi connectivity index (χ2v) is 18.5. The molecule has 0 spiro atoms. The highest BCUT2D eigenvalue weighted by atomic mass is 16.6. The Morgan fingerprint density at radius 2 is 0.655 bits per heavy atom. The van der Waals surface area contributed by atoms with Crippen LogP contribution in [0.3, 0.4) is 0 Å². The predicted octanol–water partition coefficient (Wildman–Crippen LogP) is 16.5. The SMILES string of the molecule is CCCCCCCCCCCCCCCCCCCCC(=O)OC[C@@H](COC(=O)CCCCCCCCC(C)CC)OC(=O)CCCCCCCCCCCC(C)C. The van der Waals surface area contributed by atoms with Gasteiger partial charge in [-0.2, -0.15) is 0 Å². The van der Waals surface area contributed by atoms with Gasteiger partial charge in [0.05, 0.1) is 0 Å². The third-order valence-electron chi connectivity index (χ3n) is 12.1. The topological polar surface area (TPSA) is 78.9 Å². The standard InChI is InChI=1S/C52H100O6/c1-6-8-9-10-11-12-13-14-15-16-17-18-19-20-23-26-32-37-42-50(53)56-45-49(46-57-51(54)43-38-33-29-28-31-36-41-48(5)7-2)58-52(55)44-39-34-27-24-21-22-25-30-35-40-47(3)4/h47-49H,6-46H2,1-5H3/t48?,49-/m0/s1. The maximum absolute atomic E-state index is 12.7. The Balaban J connectivity index is 4.26. The summed E-state index contributed by atoms with van der Waals surface area (Å²) < 4.78 is 16.8. The van der Waals surface area contributed by atoms with Gasteiger partial charge in [-0.05, 0) is 31.1 Å². The third-order valence-corrected chi connectivity index (χ3v) is 12.1. The van der Waals surface area contributed by atoms with Crippen LogP contribution in [-0.4, -0.2) is 37.2 Å². The lowest BCUT2D eigenvalue weighted by atomic mass is 10.00. The molecule has 0 aromatic heterocycles. The van der Waals surface area contributed by atoms with Crippen molar-refractivity contribution in [1.29, 1.82) is 0 Å². The van der Waals surface area contributed by atoms with Crippen LogP contribution in [0.15, 0.2) is 0 Å². The van der Waals surface area contributed by atoms with Crippen LogP contribution in [0.5, 0.6) is 0 Å². The number of carbonyl (C=O) groups excluding carboxylic acids is 3. The molecule has 0 aliphatic carbocycles. The van der Waals surface area contributed by atoms with Gasteiger partial charge in [0, 0.05) is 19.3 Å². The molecule has 0 aromatic rings. The van der Waals surface area contributed by atoms with Crippen molar-refractivity contribution in [2.45, 2.75) is 291 Å². The van der Waals surface area contributed by atoms with Gasteiger partial charge in [0.1, 0.15) is 13.2 Å². The zero-order valence-corrected chi connectivity index (χ0v) is 39.7. The number of ether oxygens (including phenoxy) is 3. The quantitative estimate of drug-likeness (QED) is 0.0346. The fourth-order valence-electron chi connectivity index (χ4n) is 7.78. The lowest BCUT2D eigenvalue weighted by Gasteiger charge is -2.18. The molecule has 0 radical (unpaired) electrons. The largest absolute Gasteiger partial charge is 0.462 e. The number of carbonyl (C=O) groups is 3. The first-order valence-electron chi connectivity index (χ1n) is 25.8. The maximum atomic E-state index is 12.7. The average molecular weight is 821 g/mol. The highest BCUT2D eigenvalue weighted by Crippen LogP contribution is 2.18. The number of hydrogen-bond donors (Lipinski definition) is 0. The maximum Gasteiger partial charge on any atom is 0.306 e. The van der Waals surface area contributed by atoms with Crippen molar-refractivity contribution in [3.63, 3.8) is 0 Å². The van der Waals surface area contributed by atoms with E-state index in [1.165, 1.54) is 173 Å². The van der Waals surface area contributed by atoms with Gasteiger partial charge < -0.3 is 14.2 Å². The van der Waals surface area contributed by atoms with Crippen LogP contribution in [0.2, 0.25) is 0 Å². The first kappa shape index (κ1) is 56.4. The molecule has 0 aromatic carbocycles. The summed E-state index contributed by atoms with van der Waals surface area (Å²) in [7, 11) is 0. The van der Waals surface area contributed by atoms with E-state index in [1.807, 2.05) is 0 Å². The van der Waals surface area contributed by atoms with Crippen molar-refractivity contribution in [3.8, 4) is 0 Å². The smallest absolute Gasteiger partial charge is 0.306 e. The molecular formula is C52H100O6. The van der Waals surface area contributed by atoms with E-state index in [9.17, 15) is 14.4 Å². The molecule has 344 valence electrons. The van der Waals surface area contributed by atoms with Crippen molar-refractivity contribution in [1.82, 2.24) is 0 Å². The van der Waals surface area contributed by atoms with Crippen molar-refractivity contribution in [2.24, 2.45) is 11.8 Å². The highest BCUT2D eigenvalue weighted by molar-refractivity contribution is 5.71. The first-order valence-corrected chi connectivity index (χ1v) is 25.8. The number of rotatable bonds is 46. The molecule has 0 rings (SSSR count). The lowest BCUT2D eigenvalue weighted by Crippen LogP contribution is -2.30. The minimum absolute atomic E-state index is 0.0648. The summed E-state index contributed by atoms with van der Waals surface area (Å²) >= 11 is 0. The summed E-state index contributed by atoms with van der Waals surface area (Å²) in [5.41, 5.74) is 0. The third kappa shape index (κ3) is 44.0. The van der Waals surface area contributed by atoms with Crippen LogP contribution >= 0.6 is 0 Å². The van der Waals surface area contributed by atoms with Crippen LogP contribution < -0.4 is 0 Å². The molecule has 0 aliphatic heterocycles. The first-order chi connectivity index (χ1) is 28.3. The van der Waals surface area contributed by atoms with Crippen molar-refractivity contribution in [2.75, 3.05) is 13.2 Å². The van der Waals surface area contributed by atoms with Gasteiger partial charge in [0.15, 0.2) is 6.10 Å². The van der Waals surface area contributed by atoms with E-state index >= 15 is 0 Å². The molecule has 0 fully saturated rings. The van der Waals surface area contributed by atoms with Gasteiger partial charge in [-0.1, -0.05) is 247 Å². The Kier molecular flexibility index (Phi) is 43.7. The summed E-state index contributed by atoms with van der Waals surface area (Å²) in [5.74, 6) is 0.766. The molecule has 1 unspecified atom stereocenters. The Labute approximate surface area is 361 Å². The van der Waals surface area contributed by atoms with Crippen molar-refractivity contribution >= 4 is 17.9 Å². The highest BCUT2D eigenvalue weighted by Gasteiger charge is 2.19. The molecule has 0 bridgehead atoms. The zero-order chi connectivity index (χ0) is 42.6. The molecule has 0 N–H and O–H groups in total. The summed E-state index contributed by atoms with van der Waals surface area (Å²) in [5, 5.41) is 0. The van der Waals surface area contributed by atoms with Crippen LogP contribution in [0, 0.1) is 11.8 Å². The van der Waals surface area contributed by atoms with Gasteiger partial charge in [-0.15, -0.1) is 0 Å². The van der Waals surface area contributed by atoms with E-state index in [4.69, 9.17) is 14.2 Å². The molecule has 0 saturated carbocycles. The van der Waals surface area contributed by atoms with Crippen LogP contribution in [0.4, 0.5) is 0 Å². The van der Waals surface area contributed by atoms with Crippen LogP contribution in [-0.2, 0) is 28.6 Å².